The largest absolute Gasteiger partial charge is 0.332 e. The highest BCUT2D eigenvalue weighted by molar-refractivity contribution is 7.89. The summed E-state index contributed by atoms with van der Waals surface area (Å²) >= 11 is 0. The molecule has 156 valence electrons. The molecule has 0 aliphatic rings. The van der Waals surface area contributed by atoms with Crippen LogP contribution < -0.4 is 16.4 Å². The molecule has 0 saturated heterocycles. The monoisotopic (exact) mass is 428 g/mol. The predicted molar refractivity (Wildman–Crippen MR) is 113 cm³/mol. The number of hydrogen-bond acceptors (Lipinski definition) is 5. The van der Waals surface area contributed by atoms with Gasteiger partial charge in [0.1, 0.15) is 0 Å². The van der Waals surface area contributed by atoms with Crippen molar-refractivity contribution in [3.05, 3.63) is 69.1 Å². The van der Waals surface area contributed by atoms with E-state index < -0.39 is 21.3 Å². The molecule has 0 unspecified atom stereocenters. The molecule has 2 N–H and O–H groups in total. The molecule has 10 nitrogen and oxygen atoms in total. The Morgan fingerprint density at radius 2 is 1.77 bits per heavy atom. The second-order valence-corrected chi connectivity index (χ2v) is 8.57. The van der Waals surface area contributed by atoms with Crippen LogP contribution in [-0.2, 0) is 23.6 Å². The minimum absolute atomic E-state index is 0.00740. The van der Waals surface area contributed by atoms with Crippen LogP contribution in [0, 0.1) is 13.8 Å². The van der Waals surface area contributed by atoms with Gasteiger partial charge in [-0.25, -0.2) is 18.4 Å². The number of hydrogen-bond donors (Lipinski definition) is 1. The molecule has 0 fully saturated rings. The molecule has 11 heteroatoms. The number of allylic oxidation sites excluding steroid dienone is 1. The lowest BCUT2D eigenvalue weighted by molar-refractivity contribution is 0.598. The van der Waals surface area contributed by atoms with Gasteiger partial charge in [0.2, 0.25) is 15.8 Å². The number of imidazole rings is 2. The average molecular weight is 428 g/mol. The summed E-state index contributed by atoms with van der Waals surface area (Å²) in [5.74, 6) is 0.437. The van der Waals surface area contributed by atoms with Crippen LogP contribution in [-0.4, -0.2) is 31.5 Å². The van der Waals surface area contributed by atoms with Crippen molar-refractivity contribution in [3.63, 3.8) is 0 Å². The molecule has 0 spiro atoms. The van der Waals surface area contributed by atoms with Gasteiger partial charge in [0.05, 0.1) is 4.90 Å². The summed E-state index contributed by atoms with van der Waals surface area (Å²) in [6.45, 7) is 7.41. The van der Waals surface area contributed by atoms with Gasteiger partial charge in [-0.05, 0) is 38.1 Å². The lowest BCUT2D eigenvalue weighted by Gasteiger charge is -2.08. The fourth-order valence-electron chi connectivity index (χ4n) is 3.63. The zero-order chi connectivity index (χ0) is 22.0. The molecule has 4 rings (SSSR count). The molecule has 0 radical (unpaired) electrons. The summed E-state index contributed by atoms with van der Waals surface area (Å²) < 4.78 is 29.0. The summed E-state index contributed by atoms with van der Waals surface area (Å²) in [5, 5.41) is 5.18. The number of aromatic nitrogens is 5. The zero-order valence-electron chi connectivity index (χ0n) is 16.7. The van der Waals surface area contributed by atoms with Crippen LogP contribution in [0.1, 0.15) is 11.4 Å². The fourth-order valence-corrected chi connectivity index (χ4v) is 4.15. The van der Waals surface area contributed by atoms with Crippen molar-refractivity contribution in [2.24, 2.45) is 12.2 Å². The topological polar surface area (TPSA) is 126 Å². The van der Waals surface area contributed by atoms with Crippen molar-refractivity contribution < 1.29 is 8.42 Å². The molecule has 30 heavy (non-hydrogen) atoms. The maximum Gasteiger partial charge on any atom is 0.332 e. The Bertz CT molecular complexity index is 1570. The van der Waals surface area contributed by atoms with E-state index in [4.69, 9.17) is 5.14 Å². The number of benzene rings is 1. The third kappa shape index (κ3) is 2.66. The lowest BCUT2D eigenvalue weighted by atomic mass is 10.3. The van der Waals surface area contributed by atoms with E-state index in [9.17, 15) is 18.0 Å². The molecule has 0 saturated carbocycles. The van der Waals surface area contributed by atoms with E-state index in [-0.39, 0.29) is 22.6 Å². The first-order chi connectivity index (χ1) is 14.1. The first-order valence-electron chi connectivity index (χ1n) is 9.02. The smallest absolute Gasteiger partial charge is 0.283 e. The maximum atomic E-state index is 13.1. The van der Waals surface area contributed by atoms with E-state index in [1.807, 2.05) is 13.8 Å². The quantitative estimate of drug-likeness (QED) is 0.476. The van der Waals surface area contributed by atoms with Crippen LogP contribution in [0.2, 0.25) is 0 Å². The zero-order valence-corrected chi connectivity index (χ0v) is 17.5. The summed E-state index contributed by atoms with van der Waals surface area (Å²) in [5.41, 5.74) is 1.84. The van der Waals surface area contributed by atoms with E-state index >= 15 is 0 Å². The molecule has 0 bridgehead atoms. The molecule has 3 heterocycles. The van der Waals surface area contributed by atoms with E-state index in [1.54, 1.807) is 28.1 Å². The first kappa shape index (κ1) is 19.9. The minimum atomic E-state index is -3.82. The number of nitrogens with two attached hydrogens (primary N) is 1. The Morgan fingerprint density at radius 3 is 2.33 bits per heavy atom. The van der Waals surface area contributed by atoms with Crippen LogP contribution in [0.3, 0.4) is 0 Å². The Balaban J connectivity index is 2.11. The van der Waals surface area contributed by atoms with E-state index in [2.05, 4.69) is 11.6 Å². The second-order valence-electron chi connectivity index (χ2n) is 7.01. The Hall–Kier alpha value is -3.44. The van der Waals surface area contributed by atoms with E-state index in [0.29, 0.717) is 11.5 Å². The fraction of sp³-hybridized carbons (Fsp3) is 0.211. The molecule has 0 aliphatic carbocycles. The standard InChI is InChI=1S/C19H20N6O4S/c1-5-10-23-17(26)15-16(22(4)19(23)27)21-18-24(11(2)12(3)25(15)18)13-6-8-14(9-7-13)30(20,28)29/h5-9H,1,10H2,2-4H3,(H2,20,28,29). The van der Waals surface area contributed by atoms with Gasteiger partial charge in [0.15, 0.2) is 11.2 Å². The minimum Gasteiger partial charge on any atom is -0.283 e. The number of sulfonamides is 1. The number of nitrogens with zero attached hydrogens (tertiary/aromatic N) is 5. The van der Waals surface area contributed by atoms with Gasteiger partial charge in [-0.15, -0.1) is 6.58 Å². The van der Waals surface area contributed by atoms with Crippen molar-refractivity contribution in [2.75, 3.05) is 0 Å². The predicted octanol–water partition coefficient (Wildman–Crippen LogP) is 0.589. The first-order valence-corrected chi connectivity index (χ1v) is 10.6. The molecule has 1 aromatic carbocycles. The number of aryl methyl sites for hydroxylation is 2. The molecule has 0 atom stereocenters. The summed E-state index contributed by atoms with van der Waals surface area (Å²) in [7, 11) is -2.26. The van der Waals surface area contributed by atoms with Gasteiger partial charge >= 0.3 is 5.69 Å². The van der Waals surface area contributed by atoms with Gasteiger partial charge in [-0.2, -0.15) is 4.98 Å². The second kappa shape index (κ2) is 6.54. The average Bonchev–Trinajstić information content (AvgIpc) is 3.19. The highest BCUT2D eigenvalue weighted by Crippen LogP contribution is 2.25. The van der Waals surface area contributed by atoms with Gasteiger partial charge in [-0.3, -0.25) is 22.9 Å². The van der Waals surface area contributed by atoms with Crippen LogP contribution in [0.25, 0.3) is 22.6 Å². The van der Waals surface area contributed by atoms with Gasteiger partial charge < -0.3 is 0 Å². The number of fused-ring (bicyclic) bond motifs is 3. The number of rotatable bonds is 4. The van der Waals surface area contributed by atoms with Crippen LogP contribution >= 0.6 is 0 Å². The summed E-state index contributed by atoms with van der Waals surface area (Å²) in [6, 6.07) is 6.04. The van der Waals surface area contributed by atoms with Gasteiger partial charge in [0, 0.05) is 30.7 Å². The molecular weight excluding hydrogens is 408 g/mol. The normalized spacial score (nSPS) is 12.1. The van der Waals surface area contributed by atoms with Crippen LogP contribution in [0.15, 0.2) is 51.4 Å². The van der Waals surface area contributed by atoms with Gasteiger partial charge in [-0.1, -0.05) is 6.08 Å². The summed E-state index contributed by atoms with van der Waals surface area (Å²) in [6.07, 6.45) is 1.49. The third-order valence-corrected chi connectivity index (χ3v) is 6.18. The van der Waals surface area contributed by atoms with E-state index in [0.717, 1.165) is 16.0 Å². The Morgan fingerprint density at radius 1 is 1.13 bits per heavy atom. The van der Waals surface area contributed by atoms with Crippen LogP contribution in [0.4, 0.5) is 0 Å². The van der Waals surface area contributed by atoms with Crippen molar-refractivity contribution >= 4 is 27.0 Å². The van der Waals surface area contributed by atoms with Crippen molar-refractivity contribution in [1.29, 1.82) is 0 Å². The maximum absolute atomic E-state index is 13.1. The highest BCUT2D eigenvalue weighted by Gasteiger charge is 2.23. The van der Waals surface area contributed by atoms with Crippen molar-refractivity contribution in [1.82, 2.24) is 23.1 Å². The number of primary sulfonamides is 1. The summed E-state index contributed by atoms with van der Waals surface area (Å²) in [4.78, 5) is 30.2. The molecule has 0 amide bonds. The van der Waals surface area contributed by atoms with Gasteiger partial charge in [0.25, 0.3) is 5.56 Å². The molecule has 3 aromatic heterocycles. The Labute approximate surface area is 171 Å². The highest BCUT2D eigenvalue weighted by atomic mass is 32.2. The lowest BCUT2D eigenvalue weighted by Crippen LogP contribution is -2.39. The van der Waals surface area contributed by atoms with Crippen molar-refractivity contribution in [2.45, 2.75) is 25.3 Å². The SMILES string of the molecule is C=CCn1c(=O)c2c(nc3n(-c4ccc(S(N)(=O)=O)cc4)c(C)c(C)n23)n(C)c1=O. The Kier molecular flexibility index (Phi) is 4.33. The third-order valence-electron chi connectivity index (χ3n) is 5.25. The molecule has 0 aliphatic heterocycles. The molecular formula is C19H20N6O4S. The van der Waals surface area contributed by atoms with Crippen LogP contribution in [0.5, 0.6) is 0 Å². The molecule has 4 aromatic rings. The van der Waals surface area contributed by atoms with Crippen molar-refractivity contribution in [3.8, 4) is 5.69 Å². The van der Waals surface area contributed by atoms with E-state index in [1.165, 1.54) is 22.8 Å².